The second-order valence-corrected chi connectivity index (χ2v) is 5.81. The third kappa shape index (κ3) is 4.35. The number of hydrogen-bond acceptors (Lipinski definition) is 3. The summed E-state index contributed by atoms with van der Waals surface area (Å²) in [5.74, 6) is -0.163. The summed E-state index contributed by atoms with van der Waals surface area (Å²) in [4.78, 5) is 14.1. The van der Waals surface area contributed by atoms with Gasteiger partial charge in [0.25, 0.3) is 0 Å². The van der Waals surface area contributed by atoms with E-state index >= 15 is 0 Å². The molecule has 0 aliphatic rings. The van der Waals surface area contributed by atoms with E-state index in [0.29, 0.717) is 0 Å². The molecule has 3 rings (SSSR count). The number of nitrogens with one attached hydrogen (secondary N) is 1. The van der Waals surface area contributed by atoms with Crippen molar-refractivity contribution in [2.24, 2.45) is 0 Å². The zero-order chi connectivity index (χ0) is 17.6. The van der Waals surface area contributed by atoms with Crippen molar-refractivity contribution in [1.82, 2.24) is 9.78 Å². The lowest BCUT2D eigenvalue weighted by molar-refractivity contribution is -0.111. The number of carbonyl (C=O) groups is 1. The van der Waals surface area contributed by atoms with Crippen molar-refractivity contribution in [2.45, 2.75) is 0 Å². The molecule has 0 radical (unpaired) electrons. The number of hydrogen-bond donors (Lipinski definition) is 1. The van der Waals surface area contributed by atoms with Gasteiger partial charge in [0.05, 0.1) is 5.69 Å². The van der Waals surface area contributed by atoms with Crippen molar-refractivity contribution in [1.29, 1.82) is 0 Å². The second kappa shape index (κ2) is 7.49. The first-order valence-corrected chi connectivity index (χ1v) is 7.98. The Labute approximate surface area is 147 Å². The molecule has 1 aromatic heterocycles. The lowest BCUT2D eigenvalue weighted by Gasteiger charge is -2.11. The van der Waals surface area contributed by atoms with Crippen LogP contribution in [0.4, 0.5) is 11.4 Å². The fourth-order valence-electron chi connectivity index (χ4n) is 2.36. The van der Waals surface area contributed by atoms with Gasteiger partial charge >= 0.3 is 0 Å². The van der Waals surface area contributed by atoms with Gasteiger partial charge in [-0.05, 0) is 54.1 Å². The molecule has 25 heavy (non-hydrogen) atoms. The highest BCUT2D eigenvalue weighted by atomic mass is 16.1. The quantitative estimate of drug-likeness (QED) is 0.727. The molecule has 1 heterocycles. The Morgan fingerprint density at radius 1 is 1.08 bits per heavy atom. The molecular formula is C20H20N4O. The van der Waals surface area contributed by atoms with E-state index in [1.807, 2.05) is 79.8 Å². The summed E-state index contributed by atoms with van der Waals surface area (Å²) in [5, 5.41) is 7.02. The molecule has 2 aromatic carbocycles. The first-order valence-electron chi connectivity index (χ1n) is 7.98. The van der Waals surface area contributed by atoms with Crippen molar-refractivity contribution in [2.75, 3.05) is 24.3 Å². The first kappa shape index (κ1) is 16.5. The summed E-state index contributed by atoms with van der Waals surface area (Å²) in [6.45, 7) is 0. The maximum Gasteiger partial charge on any atom is 0.248 e. The molecule has 0 unspecified atom stereocenters. The van der Waals surface area contributed by atoms with Crippen molar-refractivity contribution < 1.29 is 4.79 Å². The van der Waals surface area contributed by atoms with Gasteiger partial charge in [0.1, 0.15) is 0 Å². The molecule has 5 heteroatoms. The Bertz CT molecular complexity index is 848. The summed E-state index contributed by atoms with van der Waals surface area (Å²) >= 11 is 0. The third-order valence-corrected chi connectivity index (χ3v) is 3.74. The topological polar surface area (TPSA) is 50.2 Å². The van der Waals surface area contributed by atoms with Crippen LogP contribution in [0.15, 0.2) is 73.1 Å². The van der Waals surface area contributed by atoms with Crippen LogP contribution < -0.4 is 10.2 Å². The summed E-state index contributed by atoms with van der Waals surface area (Å²) in [5.41, 5.74) is 3.79. The molecule has 0 aliphatic heterocycles. The molecule has 0 saturated heterocycles. The molecule has 0 atom stereocenters. The Kier molecular flexibility index (Phi) is 4.95. The molecular weight excluding hydrogens is 312 g/mol. The molecule has 0 spiro atoms. The smallest absolute Gasteiger partial charge is 0.248 e. The van der Waals surface area contributed by atoms with Gasteiger partial charge in [0.15, 0.2) is 0 Å². The van der Waals surface area contributed by atoms with Gasteiger partial charge in [-0.3, -0.25) is 4.79 Å². The van der Waals surface area contributed by atoms with Gasteiger partial charge in [-0.1, -0.05) is 12.1 Å². The fourth-order valence-corrected chi connectivity index (χ4v) is 2.36. The van der Waals surface area contributed by atoms with Crippen molar-refractivity contribution >= 4 is 23.4 Å². The lowest BCUT2D eigenvalue weighted by Crippen LogP contribution is -2.08. The SMILES string of the molecule is CN(C)c1ccc(C=CC(=O)Nc2ccc(-n3cccn3)cc2)cc1. The molecule has 1 N–H and O–H groups in total. The number of carbonyl (C=O) groups excluding carboxylic acids is 1. The van der Waals surface area contributed by atoms with Crippen molar-refractivity contribution in [3.63, 3.8) is 0 Å². The lowest BCUT2D eigenvalue weighted by atomic mass is 10.2. The van der Waals surface area contributed by atoms with Crippen LogP contribution in [-0.4, -0.2) is 29.8 Å². The predicted octanol–water partition coefficient (Wildman–Crippen LogP) is 3.59. The maximum atomic E-state index is 12.1. The van der Waals surface area contributed by atoms with E-state index in [2.05, 4.69) is 10.4 Å². The number of benzene rings is 2. The third-order valence-electron chi connectivity index (χ3n) is 3.74. The fraction of sp³-hybridized carbons (Fsp3) is 0.100. The van der Waals surface area contributed by atoms with E-state index in [1.54, 1.807) is 17.0 Å². The van der Waals surface area contributed by atoms with E-state index in [9.17, 15) is 4.79 Å². The van der Waals surface area contributed by atoms with Gasteiger partial charge in [-0.25, -0.2) is 4.68 Å². The molecule has 1 amide bonds. The summed E-state index contributed by atoms with van der Waals surface area (Å²) < 4.78 is 1.77. The minimum Gasteiger partial charge on any atom is -0.378 e. The molecule has 0 fully saturated rings. The minimum atomic E-state index is -0.163. The van der Waals surface area contributed by atoms with Crippen LogP contribution in [0, 0.1) is 0 Å². The van der Waals surface area contributed by atoms with Crippen LogP contribution in [0.3, 0.4) is 0 Å². The zero-order valence-electron chi connectivity index (χ0n) is 14.3. The number of anilines is 2. The van der Waals surface area contributed by atoms with E-state index in [1.165, 1.54) is 6.08 Å². The predicted molar refractivity (Wildman–Crippen MR) is 102 cm³/mol. The highest BCUT2D eigenvalue weighted by Crippen LogP contribution is 2.14. The van der Waals surface area contributed by atoms with E-state index in [0.717, 1.165) is 22.6 Å². The molecule has 3 aromatic rings. The average molecular weight is 332 g/mol. The number of nitrogens with zero attached hydrogens (tertiary/aromatic N) is 3. The molecule has 0 aliphatic carbocycles. The van der Waals surface area contributed by atoms with Crippen LogP contribution in [-0.2, 0) is 4.79 Å². The number of rotatable bonds is 5. The monoisotopic (exact) mass is 332 g/mol. The van der Waals surface area contributed by atoms with E-state index in [-0.39, 0.29) is 5.91 Å². The van der Waals surface area contributed by atoms with Crippen LogP contribution in [0.5, 0.6) is 0 Å². The van der Waals surface area contributed by atoms with Crippen molar-refractivity contribution in [3.8, 4) is 5.69 Å². The van der Waals surface area contributed by atoms with Gasteiger partial charge in [-0.2, -0.15) is 5.10 Å². The van der Waals surface area contributed by atoms with E-state index in [4.69, 9.17) is 0 Å². The van der Waals surface area contributed by atoms with Crippen LogP contribution in [0.1, 0.15) is 5.56 Å². The number of amides is 1. The first-order chi connectivity index (χ1) is 12.1. The summed E-state index contributed by atoms with van der Waals surface area (Å²) in [7, 11) is 3.99. The Morgan fingerprint density at radius 2 is 1.80 bits per heavy atom. The Balaban J connectivity index is 1.60. The normalized spacial score (nSPS) is 10.8. The van der Waals surface area contributed by atoms with Crippen molar-refractivity contribution in [3.05, 3.63) is 78.6 Å². The zero-order valence-corrected chi connectivity index (χ0v) is 14.3. The molecule has 5 nitrogen and oxygen atoms in total. The Hall–Kier alpha value is -3.34. The highest BCUT2D eigenvalue weighted by Gasteiger charge is 2.00. The van der Waals surface area contributed by atoms with Gasteiger partial charge < -0.3 is 10.2 Å². The Morgan fingerprint density at radius 3 is 2.40 bits per heavy atom. The minimum absolute atomic E-state index is 0.163. The van der Waals surface area contributed by atoms with Gasteiger partial charge in [0.2, 0.25) is 5.91 Å². The largest absolute Gasteiger partial charge is 0.378 e. The van der Waals surface area contributed by atoms with Gasteiger partial charge in [-0.15, -0.1) is 0 Å². The van der Waals surface area contributed by atoms with Crippen LogP contribution in [0.25, 0.3) is 11.8 Å². The summed E-state index contributed by atoms with van der Waals surface area (Å²) in [6.07, 6.45) is 6.93. The van der Waals surface area contributed by atoms with E-state index < -0.39 is 0 Å². The maximum absolute atomic E-state index is 12.1. The molecule has 126 valence electrons. The van der Waals surface area contributed by atoms with Gasteiger partial charge in [0, 0.05) is 43.9 Å². The summed E-state index contributed by atoms with van der Waals surface area (Å²) in [6, 6.07) is 17.4. The standard InChI is InChI=1S/C20H20N4O/c1-23(2)18-9-4-16(5-10-18)6-13-20(25)22-17-7-11-19(12-8-17)24-15-3-14-21-24/h3-15H,1-2H3,(H,22,25). The molecule has 0 saturated carbocycles. The number of aromatic nitrogens is 2. The average Bonchev–Trinajstić information content (AvgIpc) is 3.15. The van der Waals surface area contributed by atoms with Crippen LogP contribution in [0.2, 0.25) is 0 Å². The second-order valence-electron chi connectivity index (χ2n) is 5.81. The molecule has 0 bridgehead atoms. The van der Waals surface area contributed by atoms with Crippen LogP contribution >= 0.6 is 0 Å². The highest BCUT2D eigenvalue weighted by molar-refractivity contribution is 6.01.